The SMILES string of the molecule is CCc1ccc(C(OC2CCN(CCC(=O)O)CC2)c2ccccc2)cc1. The van der Waals surface area contributed by atoms with Crippen LogP contribution in [-0.2, 0) is 16.0 Å². The zero-order valence-electron chi connectivity index (χ0n) is 16.0. The van der Waals surface area contributed by atoms with Gasteiger partial charge in [0.25, 0.3) is 0 Å². The molecule has 1 fully saturated rings. The largest absolute Gasteiger partial charge is 0.481 e. The maximum Gasteiger partial charge on any atom is 0.304 e. The first-order valence-electron chi connectivity index (χ1n) is 9.89. The first-order valence-corrected chi connectivity index (χ1v) is 9.89. The fraction of sp³-hybridized carbons (Fsp3) is 0.435. The number of hydrogen-bond donors (Lipinski definition) is 1. The summed E-state index contributed by atoms with van der Waals surface area (Å²) >= 11 is 0. The number of aryl methyl sites for hydroxylation is 1. The van der Waals surface area contributed by atoms with Crippen LogP contribution in [0.2, 0.25) is 0 Å². The predicted octanol–water partition coefficient (Wildman–Crippen LogP) is 4.29. The normalized spacial score (nSPS) is 16.9. The Morgan fingerprint density at radius 3 is 2.30 bits per heavy atom. The number of likely N-dealkylation sites (tertiary alicyclic amines) is 1. The summed E-state index contributed by atoms with van der Waals surface area (Å²) in [6, 6.07) is 19.1. The van der Waals surface area contributed by atoms with E-state index in [9.17, 15) is 4.79 Å². The molecule has 144 valence electrons. The molecule has 1 aliphatic heterocycles. The monoisotopic (exact) mass is 367 g/mol. The van der Waals surface area contributed by atoms with Crippen molar-refractivity contribution in [2.45, 2.75) is 44.8 Å². The molecule has 0 bridgehead atoms. The molecule has 2 aromatic rings. The van der Waals surface area contributed by atoms with Crippen molar-refractivity contribution in [2.75, 3.05) is 19.6 Å². The average Bonchev–Trinajstić information content (AvgIpc) is 2.72. The number of piperidine rings is 1. The molecule has 1 saturated heterocycles. The highest BCUT2D eigenvalue weighted by molar-refractivity contribution is 5.66. The topological polar surface area (TPSA) is 49.8 Å². The molecular formula is C23H29NO3. The Kier molecular flexibility index (Phi) is 7.02. The molecule has 1 N–H and O–H groups in total. The highest BCUT2D eigenvalue weighted by Gasteiger charge is 2.24. The standard InChI is InChI=1S/C23H29NO3/c1-2-18-8-10-20(11-9-18)23(19-6-4-3-5-7-19)27-21-12-15-24(16-13-21)17-14-22(25)26/h3-11,21,23H,2,12-17H2,1H3,(H,25,26). The van der Waals surface area contributed by atoms with Gasteiger partial charge in [0.2, 0.25) is 0 Å². The van der Waals surface area contributed by atoms with Crippen molar-refractivity contribution in [1.29, 1.82) is 0 Å². The number of carboxylic acids is 1. The minimum absolute atomic E-state index is 0.0623. The second-order valence-corrected chi connectivity index (χ2v) is 7.21. The van der Waals surface area contributed by atoms with Gasteiger partial charge in [-0.05, 0) is 36.0 Å². The molecule has 0 aromatic heterocycles. The molecule has 0 saturated carbocycles. The summed E-state index contributed by atoms with van der Waals surface area (Å²) in [6.07, 6.45) is 3.26. The van der Waals surface area contributed by atoms with Crippen molar-refractivity contribution < 1.29 is 14.6 Å². The molecule has 4 nitrogen and oxygen atoms in total. The van der Waals surface area contributed by atoms with Crippen molar-refractivity contribution >= 4 is 5.97 Å². The van der Waals surface area contributed by atoms with E-state index in [0.717, 1.165) is 32.4 Å². The van der Waals surface area contributed by atoms with Crippen molar-refractivity contribution in [2.24, 2.45) is 0 Å². The average molecular weight is 367 g/mol. The first-order chi connectivity index (χ1) is 13.2. The van der Waals surface area contributed by atoms with E-state index in [1.165, 1.54) is 16.7 Å². The van der Waals surface area contributed by atoms with E-state index in [2.05, 4.69) is 60.4 Å². The number of hydrogen-bond acceptors (Lipinski definition) is 3. The van der Waals surface area contributed by atoms with Crippen LogP contribution in [0.5, 0.6) is 0 Å². The Bertz CT molecular complexity index is 706. The van der Waals surface area contributed by atoms with Gasteiger partial charge in [0.05, 0.1) is 12.5 Å². The lowest BCUT2D eigenvalue weighted by Gasteiger charge is -2.34. The van der Waals surface area contributed by atoms with Crippen LogP contribution in [0.1, 0.15) is 49.0 Å². The minimum Gasteiger partial charge on any atom is -0.481 e. The van der Waals surface area contributed by atoms with E-state index in [1.54, 1.807) is 0 Å². The summed E-state index contributed by atoms with van der Waals surface area (Å²) in [5.41, 5.74) is 3.69. The maximum absolute atomic E-state index is 10.8. The maximum atomic E-state index is 10.8. The molecule has 0 spiro atoms. The molecular weight excluding hydrogens is 338 g/mol. The van der Waals surface area contributed by atoms with E-state index in [4.69, 9.17) is 9.84 Å². The molecule has 0 aliphatic carbocycles. The van der Waals surface area contributed by atoms with E-state index in [-0.39, 0.29) is 18.6 Å². The van der Waals surface area contributed by atoms with Crippen LogP contribution in [0.4, 0.5) is 0 Å². The van der Waals surface area contributed by atoms with Gasteiger partial charge in [0.15, 0.2) is 0 Å². The van der Waals surface area contributed by atoms with Gasteiger partial charge in [-0.2, -0.15) is 0 Å². The van der Waals surface area contributed by atoms with E-state index >= 15 is 0 Å². The fourth-order valence-corrected chi connectivity index (χ4v) is 3.62. The predicted molar refractivity (Wildman–Crippen MR) is 107 cm³/mol. The molecule has 0 amide bonds. The number of aliphatic carboxylic acids is 1. The molecule has 1 atom stereocenters. The minimum atomic E-state index is -0.729. The molecule has 0 radical (unpaired) electrons. The van der Waals surface area contributed by atoms with E-state index in [0.29, 0.717) is 6.54 Å². The number of carboxylic acid groups (broad SMARTS) is 1. The van der Waals surface area contributed by atoms with Crippen molar-refractivity contribution in [1.82, 2.24) is 4.90 Å². The Morgan fingerprint density at radius 1 is 1.07 bits per heavy atom. The molecule has 1 heterocycles. The number of benzene rings is 2. The highest BCUT2D eigenvalue weighted by atomic mass is 16.5. The Morgan fingerprint density at radius 2 is 1.70 bits per heavy atom. The van der Waals surface area contributed by atoms with Crippen LogP contribution in [0.25, 0.3) is 0 Å². The molecule has 27 heavy (non-hydrogen) atoms. The summed E-state index contributed by atoms with van der Waals surface area (Å²) in [6.45, 7) is 4.59. The third kappa shape index (κ3) is 5.65. The lowest BCUT2D eigenvalue weighted by atomic mass is 9.98. The lowest BCUT2D eigenvalue weighted by Crippen LogP contribution is -2.38. The van der Waals surface area contributed by atoms with Gasteiger partial charge in [-0.15, -0.1) is 0 Å². The second-order valence-electron chi connectivity index (χ2n) is 7.21. The smallest absolute Gasteiger partial charge is 0.304 e. The Hall–Kier alpha value is -2.17. The summed E-state index contributed by atoms with van der Waals surface area (Å²) in [4.78, 5) is 13.0. The highest BCUT2D eigenvalue weighted by Crippen LogP contribution is 2.30. The van der Waals surface area contributed by atoms with Crippen LogP contribution < -0.4 is 0 Å². The lowest BCUT2D eigenvalue weighted by molar-refractivity contribution is -0.137. The molecule has 4 heteroatoms. The number of nitrogens with zero attached hydrogens (tertiary/aromatic N) is 1. The molecule has 3 rings (SSSR count). The number of carbonyl (C=O) groups is 1. The number of rotatable bonds is 8. The van der Waals surface area contributed by atoms with Gasteiger partial charge in [0.1, 0.15) is 6.10 Å². The first kappa shape index (κ1) is 19.6. The quantitative estimate of drug-likeness (QED) is 0.756. The molecule has 2 aromatic carbocycles. The Balaban J connectivity index is 1.66. The summed E-state index contributed by atoms with van der Waals surface area (Å²) in [5, 5.41) is 8.85. The van der Waals surface area contributed by atoms with Gasteiger partial charge in [-0.3, -0.25) is 4.79 Å². The van der Waals surface area contributed by atoms with Crippen molar-refractivity contribution in [3.8, 4) is 0 Å². The van der Waals surface area contributed by atoms with Gasteiger partial charge in [0, 0.05) is 19.6 Å². The second kappa shape index (κ2) is 9.67. The van der Waals surface area contributed by atoms with E-state index in [1.807, 2.05) is 6.07 Å². The van der Waals surface area contributed by atoms with Gasteiger partial charge >= 0.3 is 5.97 Å². The van der Waals surface area contributed by atoms with Crippen LogP contribution in [0, 0.1) is 0 Å². The Labute approximate surface area is 161 Å². The van der Waals surface area contributed by atoms with Crippen LogP contribution in [0.3, 0.4) is 0 Å². The van der Waals surface area contributed by atoms with Gasteiger partial charge < -0.3 is 14.7 Å². The summed E-state index contributed by atoms with van der Waals surface area (Å²) < 4.78 is 6.57. The van der Waals surface area contributed by atoms with Crippen LogP contribution in [-0.4, -0.2) is 41.7 Å². The van der Waals surface area contributed by atoms with Gasteiger partial charge in [-0.25, -0.2) is 0 Å². The fourth-order valence-electron chi connectivity index (χ4n) is 3.62. The summed E-state index contributed by atoms with van der Waals surface area (Å²) in [5.74, 6) is -0.729. The number of ether oxygens (including phenoxy) is 1. The van der Waals surface area contributed by atoms with Crippen molar-refractivity contribution in [3.63, 3.8) is 0 Å². The van der Waals surface area contributed by atoms with Gasteiger partial charge in [-0.1, -0.05) is 61.5 Å². The van der Waals surface area contributed by atoms with E-state index < -0.39 is 5.97 Å². The van der Waals surface area contributed by atoms with Crippen LogP contribution >= 0.6 is 0 Å². The molecule has 1 aliphatic rings. The zero-order valence-corrected chi connectivity index (χ0v) is 16.0. The zero-order chi connectivity index (χ0) is 19.1. The van der Waals surface area contributed by atoms with Crippen molar-refractivity contribution in [3.05, 3.63) is 71.3 Å². The summed E-state index contributed by atoms with van der Waals surface area (Å²) in [7, 11) is 0. The third-order valence-corrected chi connectivity index (χ3v) is 5.30. The van der Waals surface area contributed by atoms with Crippen LogP contribution in [0.15, 0.2) is 54.6 Å². The third-order valence-electron chi connectivity index (χ3n) is 5.30. The molecule has 1 unspecified atom stereocenters.